The van der Waals surface area contributed by atoms with E-state index < -0.39 is 23.6 Å². The molecule has 1 saturated heterocycles. The maximum atomic E-state index is 13.4. The standard InChI is InChI=1S/C26H22FNO5S/c1-16-2-4-17(5-3-16)22(29)15-34-25-24(18-6-12-21(13-7-18)33-14-23(30)31)28(26(25)32)20-10-8-19(27)9-11-20/h2-13,24-25H,14-15H2,1H3,(H,30,31). The lowest BCUT2D eigenvalue weighted by Gasteiger charge is -2.47. The van der Waals surface area contributed by atoms with Crippen LogP contribution in [0.1, 0.15) is 27.5 Å². The normalized spacial score (nSPS) is 17.2. The Labute approximate surface area is 200 Å². The van der Waals surface area contributed by atoms with Gasteiger partial charge in [0.25, 0.3) is 0 Å². The molecule has 3 aromatic carbocycles. The van der Waals surface area contributed by atoms with Gasteiger partial charge in [-0.1, -0.05) is 42.0 Å². The minimum absolute atomic E-state index is 0.0609. The molecular weight excluding hydrogens is 457 g/mol. The van der Waals surface area contributed by atoms with E-state index in [4.69, 9.17) is 9.84 Å². The highest BCUT2D eigenvalue weighted by Crippen LogP contribution is 2.45. The highest BCUT2D eigenvalue weighted by molar-refractivity contribution is 8.01. The highest BCUT2D eigenvalue weighted by Gasteiger charge is 2.49. The van der Waals surface area contributed by atoms with Crippen LogP contribution in [-0.2, 0) is 9.59 Å². The molecule has 6 nitrogen and oxygen atoms in total. The summed E-state index contributed by atoms with van der Waals surface area (Å²) in [7, 11) is 0. The third-order valence-corrected chi connectivity index (χ3v) is 6.75. The number of benzene rings is 3. The summed E-state index contributed by atoms with van der Waals surface area (Å²) in [5, 5.41) is 8.29. The third-order valence-electron chi connectivity index (χ3n) is 5.50. The number of nitrogens with zero attached hydrogens (tertiary/aromatic N) is 1. The van der Waals surface area contributed by atoms with Crippen LogP contribution in [0, 0.1) is 12.7 Å². The molecule has 1 aliphatic heterocycles. The largest absolute Gasteiger partial charge is 0.482 e. The molecule has 0 aromatic heterocycles. The molecule has 1 amide bonds. The number of anilines is 1. The van der Waals surface area contributed by atoms with E-state index >= 15 is 0 Å². The maximum Gasteiger partial charge on any atom is 0.341 e. The number of aliphatic carboxylic acids is 1. The summed E-state index contributed by atoms with van der Waals surface area (Å²) in [6.07, 6.45) is 0. The predicted octanol–water partition coefficient (Wildman–Crippen LogP) is 4.67. The fourth-order valence-corrected chi connectivity index (χ4v) is 4.95. The van der Waals surface area contributed by atoms with Gasteiger partial charge in [0.05, 0.1) is 11.8 Å². The van der Waals surface area contributed by atoms with Crippen molar-refractivity contribution in [2.24, 2.45) is 0 Å². The first kappa shape index (κ1) is 23.5. The SMILES string of the molecule is Cc1ccc(C(=O)CSC2C(=O)N(c3ccc(F)cc3)C2c2ccc(OCC(=O)O)cc2)cc1. The molecular formula is C26H22FNO5S. The number of carbonyl (C=O) groups is 3. The van der Waals surface area contributed by atoms with E-state index in [-0.39, 0.29) is 23.5 Å². The molecule has 0 bridgehead atoms. The summed E-state index contributed by atoms with van der Waals surface area (Å²) in [5.41, 5.74) is 3.01. The molecule has 174 valence electrons. The summed E-state index contributed by atoms with van der Waals surface area (Å²) in [5.74, 6) is -1.16. The number of aryl methyl sites for hydroxylation is 1. The number of rotatable bonds is 9. The van der Waals surface area contributed by atoms with Crippen molar-refractivity contribution < 1.29 is 28.6 Å². The van der Waals surface area contributed by atoms with Crippen LogP contribution in [0.5, 0.6) is 5.75 Å². The molecule has 0 aliphatic carbocycles. The fourth-order valence-electron chi connectivity index (χ4n) is 3.73. The molecule has 0 saturated carbocycles. The molecule has 2 unspecified atom stereocenters. The monoisotopic (exact) mass is 479 g/mol. The van der Waals surface area contributed by atoms with Crippen molar-refractivity contribution in [2.45, 2.75) is 18.2 Å². The second-order valence-electron chi connectivity index (χ2n) is 7.90. The Morgan fingerprint density at radius 1 is 1.00 bits per heavy atom. The van der Waals surface area contributed by atoms with E-state index in [1.54, 1.807) is 53.4 Å². The van der Waals surface area contributed by atoms with Gasteiger partial charge in [0.1, 0.15) is 16.8 Å². The Kier molecular flexibility index (Phi) is 6.98. The van der Waals surface area contributed by atoms with Gasteiger partial charge in [-0.25, -0.2) is 9.18 Å². The topological polar surface area (TPSA) is 83.9 Å². The maximum absolute atomic E-state index is 13.4. The smallest absolute Gasteiger partial charge is 0.341 e. The molecule has 4 rings (SSSR count). The first-order valence-corrected chi connectivity index (χ1v) is 11.6. The molecule has 1 heterocycles. The van der Waals surface area contributed by atoms with Crippen molar-refractivity contribution in [3.05, 3.63) is 95.3 Å². The van der Waals surface area contributed by atoms with E-state index in [9.17, 15) is 18.8 Å². The van der Waals surface area contributed by atoms with Gasteiger partial charge in [0.15, 0.2) is 12.4 Å². The number of hydrogen-bond acceptors (Lipinski definition) is 5. The van der Waals surface area contributed by atoms with Crippen molar-refractivity contribution in [1.82, 2.24) is 0 Å². The number of thioether (sulfide) groups is 1. The molecule has 0 radical (unpaired) electrons. The molecule has 1 N–H and O–H groups in total. The Morgan fingerprint density at radius 3 is 2.26 bits per heavy atom. The van der Waals surface area contributed by atoms with Crippen LogP contribution in [0.3, 0.4) is 0 Å². The third kappa shape index (κ3) is 5.12. The van der Waals surface area contributed by atoms with E-state index in [0.717, 1.165) is 11.1 Å². The van der Waals surface area contributed by atoms with Crippen molar-refractivity contribution in [3.8, 4) is 5.75 Å². The second-order valence-corrected chi connectivity index (χ2v) is 9.03. The second kappa shape index (κ2) is 10.1. The number of halogens is 1. The van der Waals surface area contributed by atoms with E-state index in [0.29, 0.717) is 17.0 Å². The number of carboxylic acids is 1. The molecule has 8 heteroatoms. The van der Waals surface area contributed by atoms with Gasteiger partial charge in [0, 0.05) is 11.3 Å². The van der Waals surface area contributed by atoms with Gasteiger partial charge < -0.3 is 14.7 Å². The molecule has 1 fully saturated rings. The Hall–Kier alpha value is -3.65. The van der Waals surface area contributed by atoms with Gasteiger partial charge in [-0.05, 0) is 48.9 Å². The number of amides is 1. The quantitative estimate of drug-likeness (QED) is 0.355. The van der Waals surface area contributed by atoms with Crippen molar-refractivity contribution in [1.29, 1.82) is 0 Å². The predicted molar refractivity (Wildman–Crippen MR) is 128 cm³/mol. The van der Waals surface area contributed by atoms with E-state index in [2.05, 4.69) is 0 Å². The zero-order valence-corrected chi connectivity index (χ0v) is 19.1. The molecule has 1 aliphatic rings. The van der Waals surface area contributed by atoms with Gasteiger partial charge in [-0.2, -0.15) is 0 Å². The number of hydrogen-bond donors (Lipinski definition) is 1. The molecule has 34 heavy (non-hydrogen) atoms. The lowest BCUT2D eigenvalue weighted by molar-refractivity contribution is -0.139. The van der Waals surface area contributed by atoms with Crippen molar-refractivity contribution in [3.63, 3.8) is 0 Å². The van der Waals surface area contributed by atoms with Crippen LogP contribution >= 0.6 is 11.8 Å². The first-order chi connectivity index (χ1) is 16.3. The van der Waals surface area contributed by atoms with Crippen LogP contribution in [-0.4, -0.2) is 40.4 Å². The van der Waals surface area contributed by atoms with Crippen molar-refractivity contribution in [2.75, 3.05) is 17.3 Å². The number of carbonyl (C=O) groups excluding carboxylic acids is 2. The average molecular weight is 480 g/mol. The van der Waals surface area contributed by atoms with Crippen LogP contribution in [0.2, 0.25) is 0 Å². The Morgan fingerprint density at radius 2 is 1.65 bits per heavy atom. The zero-order chi connectivity index (χ0) is 24.2. The van der Waals surface area contributed by atoms with Crippen LogP contribution in [0.4, 0.5) is 10.1 Å². The van der Waals surface area contributed by atoms with Crippen molar-refractivity contribution >= 4 is 35.1 Å². The van der Waals surface area contributed by atoms with Gasteiger partial charge in [0.2, 0.25) is 5.91 Å². The molecule has 3 aromatic rings. The van der Waals surface area contributed by atoms with Gasteiger partial charge in [-0.3, -0.25) is 9.59 Å². The lowest BCUT2D eigenvalue weighted by Crippen LogP contribution is -2.57. The minimum Gasteiger partial charge on any atom is -0.482 e. The zero-order valence-electron chi connectivity index (χ0n) is 18.3. The van der Waals surface area contributed by atoms with Gasteiger partial charge in [-0.15, -0.1) is 11.8 Å². The average Bonchev–Trinajstić information content (AvgIpc) is 2.83. The van der Waals surface area contributed by atoms with Crippen LogP contribution in [0.25, 0.3) is 0 Å². The minimum atomic E-state index is -1.08. The lowest BCUT2D eigenvalue weighted by atomic mass is 9.92. The first-order valence-electron chi connectivity index (χ1n) is 10.6. The molecule has 0 spiro atoms. The summed E-state index contributed by atoms with van der Waals surface area (Å²) in [4.78, 5) is 38.0. The number of β-lactam (4-membered cyclic amide) rings is 1. The van der Waals surface area contributed by atoms with E-state index in [1.807, 2.05) is 19.1 Å². The van der Waals surface area contributed by atoms with E-state index in [1.165, 1.54) is 23.9 Å². The summed E-state index contributed by atoms with van der Waals surface area (Å²) < 4.78 is 18.6. The number of ketones is 1. The van der Waals surface area contributed by atoms with Crippen LogP contribution < -0.4 is 9.64 Å². The van der Waals surface area contributed by atoms with Crippen LogP contribution in [0.15, 0.2) is 72.8 Å². The Balaban J connectivity index is 1.54. The highest BCUT2D eigenvalue weighted by atomic mass is 32.2. The Bertz CT molecular complexity index is 1200. The number of Topliss-reactive ketones (excluding diaryl/α,β-unsaturated/α-hetero) is 1. The van der Waals surface area contributed by atoms with Gasteiger partial charge >= 0.3 is 5.97 Å². The fraction of sp³-hybridized carbons (Fsp3) is 0.192. The number of ether oxygens (including phenoxy) is 1. The summed E-state index contributed by atoms with van der Waals surface area (Å²) in [6, 6.07) is 19.4. The molecule has 2 atom stereocenters. The summed E-state index contributed by atoms with van der Waals surface area (Å²) >= 11 is 1.28. The summed E-state index contributed by atoms with van der Waals surface area (Å²) in [6.45, 7) is 1.49. The number of carboxylic acid groups (broad SMARTS) is 1.